The van der Waals surface area contributed by atoms with Gasteiger partial charge in [-0.15, -0.1) is 0 Å². The molecule has 0 radical (unpaired) electrons. The monoisotopic (exact) mass is 312 g/mol. The fraction of sp³-hybridized carbons (Fsp3) is 0.812. The highest BCUT2D eigenvalue weighted by Crippen LogP contribution is 2.27. The van der Waals surface area contributed by atoms with Crippen molar-refractivity contribution in [2.45, 2.75) is 78.0 Å². The van der Waals surface area contributed by atoms with Crippen molar-refractivity contribution >= 4 is 11.6 Å². The molecule has 0 spiro atoms. The molecule has 0 saturated heterocycles. The third kappa shape index (κ3) is 3.99. The maximum Gasteiger partial charge on any atom is 0.0860 e. The van der Waals surface area contributed by atoms with E-state index < -0.39 is 0 Å². The van der Waals surface area contributed by atoms with Crippen LogP contribution in [0.15, 0.2) is 0 Å². The Balaban J connectivity index is 2.12. The number of halogens is 1. The van der Waals surface area contributed by atoms with Gasteiger partial charge < -0.3 is 5.73 Å². The molecule has 21 heavy (non-hydrogen) atoms. The number of hydrogen-bond acceptors (Lipinski definition) is 3. The number of aryl methyl sites for hydroxylation is 2. The summed E-state index contributed by atoms with van der Waals surface area (Å²) in [5.74, 6) is 0. The third-order valence-corrected chi connectivity index (χ3v) is 5.07. The molecule has 1 saturated carbocycles. The fourth-order valence-corrected chi connectivity index (χ4v) is 3.55. The van der Waals surface area contributed by atoms with Crippen LogP contribution < -0.4 is 5.73 Å². The minimum Gasteiger partial charge on any atom is -0.328 e. The second-order valence-electron chi connectivity index (χ2n) is 6.20. The number of hydrogen-bond donors (Lipinski definition) is 1. The Kier molecular flexibility index (Phi) is 6.08. The first-order valence-corrected chi connectivity index (χ1v) is 8.66. The molecule has 1 fully saturated rings. The highest BCUT2D eigenvalue weighted by atomic mass is 35.5. The van der Waals surface area contributed by atoms with Crippen molar-refractivity contribution < 1.29 is 0 Å². The molecule has 4 nitrogen and oxygen atoms in total. The Morgan fingerprint density at radius 2 is 1.95 bits per heavy atom. The van der Waals surface area contributed by atoms with Crippen molar-refractivity contribution in [2.75, 3.05) is 6.54 Å². The molecule has 0 unspecified atom stereocenters. The number of nitrogens with two attached hydrogens (primary N) is 1. The van der Waals surface area contributed by atoms with Crippen LogP contribution in [0.2, 0.25) is 5.02 Å². The highest BCUT2D eigenvalue weighted by Gasteiger charge is 2.25. The van der Waals surface area contributed by atoms with Gasteiger partial charge in [-0.25, -0.2) is 0 Å². The predicted octanol–water partition coefficient (Wildman–Crippen LogP) is 3.35. The van der Waals surface area contributed by atoms with Crippen LogP contribution in [0.4, 0.5) is 0 Å². The van der Waals surface area contributed by atoms with E-state index in [1.807, 2.05) is 6.92 Å². The average Bonchev–Trinajstić information content (AvgIpc) is 2.75. The van der Waals surface area contributed by atoms with Crippen LogP contribution in [0.5, 0.6) is 0 Å². The lowest BCUT2D eigenvalue weighted by Crippen LogP contribution is -2.41. The molecule has 0 amide bonds. The molecule has 0 bridgehead atoms. The summed E-state index contributed by atoms with van der Waals surface area (Å²) in [6.45, 7) is 9.24. The van der Waals surface area contributed by atoms with E-state index >= 15 is 0 Å². The van der Waals surface area contributed by atoms with Crippen molar-refractivity contribution in [1.29, 1.82) is 0 Å². The van der Waals surface area contributed by atoms with Gasteiger partial charge in [0, 0.05) is 25.2 Å². The van der Waals surface area contributed by atoms with Crippen LogP contribution in [0, 0.1) is 6.92 Å². The quantitative estimate of drug-likeness (QED) is 0.876. The van der Waals surface area contributed by atoms with Gasteiger partial charge in [0.05, 0.1) is 16.4 Å². The van der Waals surface area contributed by atoms with Crippen LogP contribution in [-0.2, 0) is 13.1 Å². The Labute approximate surface area is 133 Å². The smallest absolute Gasteiger partial charge is 0.0860 e. The minimum atomic E-state index is 0.400. The summed E-state index contributed by atoms with van der Waals surface area (Å²) >= 11 is 6.47. The Hall–Kier alpha value is -0.580. The maximum absolute atomic E-state index is 6.47. The molecule has 1 aromatic heterocycles. The molecule has 0 atom stereocenters. The van der Waals surface area contributed by atoms with E-state index in [2.05, 4.69) is 28.5 Å². The van der Waals surface area contributed by atoms with E-state index in [1.165, 1.54) is 25.0 Å². The van der Waals surface area contributed by atoms with Crippen molar-refractivity contribution in [3.05, 3.63) is 16.4 Å². The molecular formula is C16H29ClN4. The van der Waals surface area contributed by atoms with Gasteiger partial charge in [0.15, 0.2) is 0 Å². The van der Waals surface area contributed by atoms with E-state index in [4.69, 9.17) is 17.3 Å². The minimum absolute atomic E-state index is 0.400. The predicted molar refractivity (Wildman–Crippen MR) is 88.6 cm³/mol. The summed E-state index contributed by atoms with van der Waals surface area (Å²) in [5.41, 5.74) is 8.15. The fourth-order valence-electron chi connectivity index (χ4n) is 3.36. The second kappa shape index (κ2) is 7.61. The van der Waals surface area contributed by atoms with Gasteiger partial charge in [-0.1, -0.05) is 18.5 Å². The third-order valence-electron chi connectivity index (χ3n) is 4.57. The zero-order valence-corrected chi connectivity index (χ0v) is 14.4. The lowest BCUT2D eigenvalue weighted by Gasteiger charge is -2.36. The van der Waals surface area contributed by atoms with Crippen molar-refractivity contribution in [2.24, 2.45) is 5.73 Å². The van der Waals surface area contributed by atoms with Crippen LogP contribution in [0.1, 0.15) is 57.3 Å². The standard InChI is InChI=1S/C16H29ClN4/c1-4-10-20(14-8-6-13(18)7-9-14)11-15-16(17)12(3)19-21(15)5-2/h13-14H,4-11,18H2,1-3H3. The van der Waals surface area contributed by atoms with Crippen LogP contribution in [0.25, 0.3) is 0 Å². The molecule has 0 aliphatic heterocycles. The molecule has 1 aliphatic carbocycles. The van der Waals surface area contributed by atoms with Gasteiger partial charge in [0.2, 0.25) is 0 Å². The lowest BCUT2D eigenvalue weighted by atomic mass is 9.90. The van der Waals surface area contributed by atoms with E-state index in [9.17, 15) is 0 Å². The summed E-state index contributed by atoms with van der Waals surface area (Å²) in [6, 6.07) is 1.04. The summed E-state index contributed by atoms with van der Waals surface area (Å²) in [7, 11) is 0. The number of aromatic nitrogens is 2. The zero-order chi connectivity index (χ0) is 15.4. The normalized spacial score (nSPS) is 23.0. The van der Waals surface area contributed by atoms with Crippen LogP contribution >= 0.6 is 11.6 Å². The van der Waals surface area contributed by atoms with Gasteiger partial charge in [-0.3, -0.25) is 9.58 Å². The van der Waals surface area contributed by atoms with E-state index in [1.54, 1.807) is 0 Å². The van der Waals surface area contributed by atoms with E-state index in [0.717, 1.165) is 43.2 Å². The zero-order valence-electron chi connectivity index (χ0n) is 13.6. The van der Waals surface area contributed by atoms with E-state index in [0.29, 0.717) is 12.1 Å². The van der Waals surface area contributed by atoms with Gasteiger partial charge in [0.1, 0.15) is 0 Å². The summed E-state index contributed by atoms with van der Waals surface area (Å²) in [6.07, 6.45) is 5.87. The molecule has 120 valence electrons. The van der Waals surface area contributed by atoms with Gasteiger partial charge in [-0.2, -0.15) is 5.10 Å². The molecule has 0 aromatic carbocycles. The first-order chi connectivity index (χ1) is 10.1. The number of nitrogens with zero attached hydrogens (tertiary/aromatic N) is 3. The molecule has 2 N–H and O–H groups in total. The molecule has 1 aliphatic rings. The summed E-state index contributed by atoms with van der Waals surface area (Å²) in [5, 5.41) is 5.38. The number of rotatable bonds is 6. The van der Waals surface area contributed by atoms with Crippen LogP contribution in [0.3, 0.4) is 0 Å². The van der Waals surface area contributed by atoms with Crippen molar-refractivity contribution in [3.63, 3.8) is 0 Å². The Morgan fingerprint density at radius 3 is 2.52 bits per heavy atom. The molecule has 2 rings (SSSR count). The highest BCUT2D eigenvalue weighted by molar-refractivity contribution is 6.31. The topological polar surface area (TPSA) is 47.1 Å². The first kappa shape index (κ1) is 16.8. The van der Waals surface area contributed by atoms with Crippen molar-refractivity contribution in [1.82, 2.24) is 14.7 Å². The second-order valence-corrected chi connectivity index (χ2v) is 6.58. The largest absolute Gasteiger partial charge is 0.328 e. The molecule has 1 aromatic rings. The average molecular weight is 313 g/mol. The van der Waals surface area contributed by atoms with Crippen molar-refractivity contribution in [3.8, 4) is 0 Å². The van der Waals surface area contributed by atoms with Gasteiger partial charge in [0.25, 0.3) is 0 Å². The molecule has 5 heteroatoms. The summed E-state index contributed by atoms with van der Waals surface area (Å²) < 4.78 is 2.05. The van der Waals surface area contributed by atoms with Gasteiger partial charge >= 0.3 is 0 Å². The molecule has 1 heterocycles. The van der Waals surface area contributed by atoms with Gasteiger partial charge in [-0.05, 0) is 52.5 Å². The SMILES string of the molecule is CCCN(Cc1c(Cl)c(C)nn1CC)C1CCC(N)CC1. The Bertz CT molecular complexity index is 449. The molecular weight excluding hydrogens is 284 g/mol. The first-order valence-electron chi connectivity index (χ1n) is 8.28. The Morgan fingerprint density at radius 1 is 1.29 bits per heavy atom. The lowest BCUT2D eigenvalue weighted by molar-refractivity contribution is 0.138. The summed E-state index contributed by atoms with van der Waals surface area (Å²) in [4.78, 5) is 2.58. The maximum atomic E-state index is 6.47. The van der Waals surface area contributed by atoms with Crippen LogP contribution in [-0.4, -0.2) is 33.3 Å². The van der Waals surface area contributed by atoms with E-state index in [-0.39, 0.29) is 0 Å².